The summed E-state index contributed by atoms with van der Waals surface area (Å²) in [5.41, 5.74) is 0. The molecule has 1 heterocycles. The lowest BCUT2D eigenvalue weighted by atomic mass is 9.80. The monoisotopic (exact) mass is 223 g/mol. The molecule has 2 N–H and O–H groups in total. The molecule has 0 amide bonds. The van der Waals surface area contributed by atoms with Crippen LogP contribution in [0.5, 0.6) is 0 Å². The number of hydrogen-bond donors (Lipinski definition) is 2. The van der Waals surface area contributed by atoms with Crippen LogP contribution in [0.2, 0.25) is 0 Å². The van der Waals surface area contributed by atoms with E-state index >= 15 is 0 Å². The molecule has 0 bridgehead atoms. The Morgan fingerprint density at radius 3 is 2.88 bits per heavy atom. The second-order valence-electron chi connectivity index (χ2n) is 5.16. The highest BCUT2D eigenvalue weighted by Crippen LogP contribution is 2.29. The summed E-state index contributed by atoms with van der Waals surface area (Å²) in [5.74, 6) is 2.32. The normalized spacial score (nSPS) is 32.6. The first-order valence-electron chi connectivity index (χ1n) is 6.16. The maximum atomic E-state index is 4.02. The molecule has 5 nitrogen and oxygen atoms in total. The Kier molecular flexibility index (Phi) is 3.53. The summed E-state index contributed by atoms with van der Waals surface area (Å²) < 4.78 is 0. The van der Waals surface area contributed by atoms with Gasteiger partial charge in [0.15, 0.2) is 5.82 Å². The zero-order chi connectivity index (χ0) is 11.5. The van der Waals surface area contributed by atoms with E-state index in [2.05, 4.69) is 46.7 Å². The van der Waals surface area contributed by atoms with E-state index < -0.39 is 0 Å². The van der Waals surface area contributed by atoms with Crippen LogP contribution in [0.4, 0.5) is 0 Å². The van der Waals surface area contributed by atoms with Gasteiger partial charge in [0.05, 0.1) is 6.04 Å². The fourth-order valence-corrected chi connectivity index (χ4v) is 2.51. The third kappa shape index (κ3) is 2.58. The van der Waals surface area contributed by atoms with Crippen LogP contribution in [0, 0.1) is 11.8 Å². The minimum Gasteiger partial charge on any atom is -0.304 e. The lowest BCUT2D eigenvalue weighted by molar-refractivity contribution is 0.214. The van der Waals surface area contributed by atoms with Crippen molar-refractivity contribution in [1.29, 1.82) is 0 Å². The van der Waals surface area contributed by atoms with E-state index in [4.69, 9.17) is 0 Å². The van der Waals surface area contributed by atoms with Crippen molar-refractivity contribution < 1.29 is 0 Å². The number of hydrogen-bond acceptors (Lipinski definition) is 4. The molecule has 16 heavy (non-hydrogen) atoms. The van der Waals surface area contributed by atoms with Crippen molar-refractivity contribution in [2.45, 2.75) is 52.1 Å². The molecule has 1 fully saturated rings. The van der Waals surface area contributed by atoms with Gasteiger partial charge in [-0.2, -0.15) is 5.21 Å². The van der Waals surface area contributed by atoms with Crippen LogP contribution in [0.25, 0.3) is 0 Å². The Bertz CT molecular complexity index is 310. The Morgan fingerprint density at radius 2 is 2.19 bits per heavy atom. The largest absolute Gasteiger partial charge is 0.304 e. The van der Waals surface area contributed by atoms with E-state index in [9.17, 15) is 0 Å². The van der Waals surface area contributed by atoms with Crippen molar-refractivity contribution >= 4 is 0 Å². The van der Waals surface area contributed by atoms with E-state index in [0.29, 0.717) is 6.04 Å². The summed E-state index contributed by atoms with van der Waals surface area (Å²) in [6.07, 6.45) is 3.93. The molecule has 90 valence electrons. The van der Waals surface area contributed by atoms with Crippen molar-refractivity contribution in [1.82, 2.24) is 25.9 Å². The van der Waals surface area contributed by atoms with Crippen LogP contribution in [0.1, 0.15) is 51.9 Å². The fourth-order valence-electron chi connectivity index (χ4n) is 2.51. The van der Waals surface area contributed by atoms with Crippen molar-refractivity contribution in [2.24, 2.45) is 11.8 Å². The summed E-state index contributed by atoms with van der Waals surface area (Å²) in [6, 6.07) is 0.758. The van der Waals surface area contributed by atoms with Crippen LogP contribution in [-0.4, -0.2) is 26.7 Å². The molecule has 2 rings (SSSR count). The Morgan fingerprint density at radius 1 is 1.38 bits per heavy atom. The van der Waals surface area contributed by atoms with E-state index in [-0.39, 0.29) is 6.04 Å². The second kappa shape index (κ2) is 4.91. The molecule has 4 atom stereocenters. The number of aromatic nitrogens is 4. The summed E-state index contributed by atoms with van der Waals surface area (Å²) in [7, 11) is 0. The molecule has 5 heteroatoms. The number of nitrogens with zero attached hydrogens (tertiary/aromatic N) is 3. The fraction of sp³-hybridized carbons (Fsp3) is 0.909. The number of tetrazole rings is 1. The van der Waals surface area contributed by atoms with Crippen LogP contribution in [0.3, 0.4) is 0 Å². The van der Waals surface area contributed by atoms with Gasteiger partial charge in [0, 0.05) is 6.04 Å². The van der Waals surface area contributed by atoms with Crippen LogP contribution in [-0.2, 0) is 0 Å². The molecule has 0 aliphatic heterocycles. The van der Waals surface area contributed by atoms with Gasteiger partial charge in [0.25, 0.3) is 0 Å². The van der Waals surface area contributed by atoms with Crippen molar-refractivity contribution in [3.63, 3.8) is 0 Å². The minimum absolute atomic E-state index is 0.177. The molecule has 1 aliphatic rings. The van der Waals surface area contributed by atoms with Gasteiger partial charge in [-0.1, -0.05) is 25.5 Å². The lowest BCUT2D eigenvalue weighted by Crippen LogP contribution is -2.41. The Hall–Kier alpha value is -0.970. The molecular formula is C11H21N5. The zero-order valence-corrected chi connectivity index (χ0v) is 10.3. The van der Waals surface area contributed by atoms with E-state index in [1.807, 2.05) is 0 Å². The van der Waals surface area contributed by atoms with Crippen LogP contribution >= 0.6 is 0 Å². The van der Waals surface area contributed by atoms with Gasteiger partial charge >= 0.3 is 0 Å². The molecule has 0 radical (unpaired) electrons. The average molecular weight is 223 g/mol. The third-order valence-corrected chi connectivity index (χ3v) is 3.67. The van der Waals surface area contributed by atoms with Gasteiger partial charge in [-0.05, 0) is 31.6 Å². The highest BCUT2D eigenvalue weighted by molar-refractivity contribution is 4.90. The molecule has 0 saturated heterocycles. The molecular weight excluding hydrogens is 202 g/mol. The number of aromatic amines is 1. The maximum Gasteiger partial charge on any atom is 0.191 e. The highest BCUT2D eigenvalue weighted by atomic mass is 15.5. The summed E-state index contributed by atoms with van der Waals surface area (Å²) in [5, 5.41) is 17.7. The van der Waals surface area contributed by atoms with E-state index in [1.165, 1.54) is 19.3 Å². The van der Waals surface area contributed by atoms with Gasteiger partial charge in [-0.25, -0.2) is 0 Å². The standard InChI is InChI=1S/C11H21N5/c1-7-4-5-8(2)10(6-7)12-9(3)11-13-15-16-14-11/h7-10,12H,4-6H2,1-3H3,(H,13,14,15,16). The molecule has 0 spiro atoms. The number of nitrogens with one attached hydrogen (secondary N) is 2. The molecule has 1 saturated carbocycles. The molecule has 4 unspecified atom stereocenters. The van der Waals surface area contributed by atoms with Crippen molar-refractivity contribution in [3.05, 3.63) is 5.82 Å². The van der Waals surface area contributed by atoms with E-state index in [0.717, 1.165) is 17.7 Å². The topological polar surface area (TPSA) is 66.5 Å². The Labute approximate surface area is 96.4 Å². The highest BCUT2D eigenvalue weighted by Gasteiger charge is 2.27. The number of H-pyrrole nitrogens is 1. The van der Waals surface area contributed by atoms with Crippen molar-refractivity contribution in [3.8, 4) is 0 Å². The molecule has 1 aliphatic carbocycles. The molecule has 1 aromatic heterocycles. The first-order chi connectivity index (χ1) is 7.66. The van der Waals surface area contributed by atoms with Gasteiger partial charge in [-0.3, -0.25) is 0 Å². The smallest absolute Gasteiger partial charge is 0.191 e. The first kappa shape index (κ1) is 11.5. The molecule has 0 aromatic carbocycles. The van der Waals surface area contributed by atoms with Crippen LogP contribution in [0.15, 0.2) is 0 Å². The second-order valence-corrected chi connectivity index (χ2v) is 5.16. The van der Waals surface area contributed by atoms with Gasteiger partial charge in [0.1, 0.15) is 0 Å². The van der Waals surface area contributed by atoms with Gasteiger partial charge < -0.3 is 5.32 Å². The Balaban J connectivity index is 1.93. The molecule has 1 aromatic rings. The van der Waals surface area contributed by atoms with Crippen LogP contribution < -0.4 is 5.32 Å². The quantitative estimate of drug-likeness (QED) is 0.818. The van der Waals surface area contributed by atoms with E-state index in [1.54, 1.807) is 0 Å². The average Bonchev–Trinajstić information content (AvgIpc) is 2.76. The SMILES string of the molecule is CC1CCC(C)C(NC(C)c2nn[nH]n2)C1. The predicted octanol–water partition coefficient (Wildman–Crippen LogP) is 1.67. The minimum atomic E-state index is 0.177. The lowest BCUT2D eigenvalue weighted by Gasteiger charge is -2.34. The number of rotatable bonds is 3. The summed E-state index contributed by atoms with van der Waals surface area (Å²) in [4.78, 5) is 0. The summed E-state index contributed by atoms with van der Waals surface area (Å²) in [6.45, 7) is 6.75. The van der Waals surface area contributed by atoms with Gasteiger partial charge in [0.2, 0.25) is 0 Å². The third-order valence-electron chi connectivity index (χ3n) is 3.67. The summed E-state index contributed by atoms with van der Waals surface area (Å²) >= 11 is 0. The predicted molar refractivity (Wildman–Crippen MR) is 61.7 cm³/mol. The first-order valence-corrected chi connectivity index (χ1v) is 6.16. The maximum absolute atomic E-state index is 4.02. The zero-order valence-electron chi connectivity index (χ0n) is 10.3. The van der Waals surface area contributed by atoms with Gasteiger partial charge in [-0.15, -0.1) is 10.2 Å². The van der Waals surface area contributed by atoms with Crippen molar-refractivity contribution in [2.75, 3.05) is 0 Å².